The van der Waals surface area contributed by atoms with Gasteiger partial charge >= 0.3 is 0 Å². The van der Waals surface area contributed by atoms with E-state index in [-0.39, 0.29) is 10.9 Å². The zero-order chi connectivity index (χ0) is 13.7. The molecule has 2 heterocycles. The lowest BCUT2D eigenvalue weighted by atomic mass is 9.81. The van der Waals surface area contributed by atoms with Crippen molar-refractivity contribution in [1.82, 2.24) is 0 Å². The van der Waals surface area contributed by atoms with Crippen molar-refractivity contribution in [2.75, 3.05) is 7.11 Å². The predicted molar refractivity (Wildman–Crippen MR) is 81.3 cm³/mol. The van der Waals surface area contributed by atoms with Crippen LogP contribution < -0.4 is 4.74 Å². The first-order valence-corrected chi connectivity index (χ1v) is 7.36. The fraction of sp³-hybridized carbons (Fsp3) is 0.176. The predicted octanol–water partition coefficient (Wildman–Crippen LogP) is 4.31. The van der Waals surface area contributed by atoms with Gasteiger partial charge in [-0.2, -0.15) is 0 Å². The van der Waals surface area contributed by atoms with Gasteiger partial charge in [-0.15, -0.1) is 11.8 Å². The van der Waals surface area contributed by atoms with Crippen LogP contribution in [-0.4, -0.2) is 13.2 Å². The Hall–Kier alpha value is -1.71. The van der Waals surface area contributed by atoms with Crippen LogP contribution in [0.2, 0.25) is 0 Å². The minimum Gasteiger partial charge on any atom is -0.457 e. The lowest BCUT2D eigenvalue weighted by Crippen LogP contribution is -2.49. The molecule has 0 radical (unpaired) electrons. The second-order valence-electron chi connectivity index (χ2n) is 5.01. The van der Waals surface area contributed by atoms with Crippen molar-refractivity contribution >= 4 is 11.8 Å². The summed E-state index contributed by atoms with van der Waals surface area (Å²) in [6.45, 7) is 4.11. The molecule has 0 amide bonds. The summed E-state index contributed by atoms with van der Waals surface area (Å²) in [5.41, 5.74) is 2.34. The highest BCUT2D eigenvalue weighted by Crippen LogP contribution is 2.66. The molecule has 0 N–H and O–H groups in total. The van der Waals surface area contributed by atoms with Crippen molar-refractivity contribution in [3.8, 4) is 11.5 Å². The Morgan fingerprint density at radius 3 is 2.10 bits per heavy atom. The summed E-state index contributed by atoms with van der Waals surface area (Å²) in [5, 5.41) is 0. The van der Waals surface area contributed by atoms with Gasteiger partial charge in [0, 0.05) is 23.1 Å². The van der Waals surface area contributed by atoms with Gasteiger partial charge in [0.05, 0.1) is 0 Å². The zero-order valence-electron chi connectivity index (χ0n) is 11.1. The van der Waals surface area contributed by atoms with Crippen molar-refractivity contribution in [3.05, 3.63) is 71.1 Å². The van der Waals surface area contributed by atoms with Crippen LogP contribution in [0.5, 0.6) is 11.5 Å². The molecule has 0 aromatic heterocycles. The highest BCUT2D eigenvalue weighted by molar-refractivity contribution is 8.06. The van der Waals surface area contributed by atoms with Gasteiger partial charge in [0.1, 0.15) is 22.4 Å². The SMILES string of the molecule is C=C1SC2(c3ccccc3Oc3ccccc32)C1OC. The number of para-hydroxylation sites is 2. The minimum atomic E-state index is -0.225. The lowest BCUT2D eigenvalue weighted by molar-refractivity contribution is 0.100. The van der Waals surface area contributed by atoms with Gasteiger partial charge in [0.2, 0.25) is 0 Å². The minimum absolute atomic E-state index is 0.0151. The number of hydrogen-bond acceptors (Lipinski definition) is 3. The van der Waals surface area contributed by atoms with E-state index in [4.69, 9.17) is 9.47 Å². The average Bonchev–Trinajstić information content (AvgIpc) is 2.47. The van der Waals surface area contributed by atoms with Gasteiger partial charge in [-0.1, -0.05) is 43.0 Å². The van der Waals surface area contributed by atoms with Crippen LogP contribution >= 0.6 is 11.8 Å². The molecule has 1 fully saturated rings. The van der Waals surface area contributed by atoms with E-state index >= 15 is 0 Å². The fourth-order valence-corrected chi connectivity index (χ4v) is 4.67. The molecular formula is C17H14O2S. The molecule has 2 nitrogen and oxygen atoms in total. The van der Waals surface area contributed by atoms with E-state index < -0.39 is 0 Å². The summed E-state index contributed by atoms with van der Waals surface area (Å²) in [4.78, 5) is 1.07. The average molecular weight is 282 g/mol. The third-order valence-electron chi connectivity index (χ3n) is 3.98. The fourth-order valence-electron chi connectivity index (χ4n) is 3.16. The topological polar surface area (TPSA) is 18.5 Å². The van der Waals surface area contributed by atoms with E-state index in [0.717, 1.165) is 16.4 Å². The molecule has 2 aliphatic rings. The largest absolute Gasteiger partial charge is 0.457 e. The number of benzene rings is 2. The molecule has 3 heteroatoms. The van der Waals surface area contributed by atoms with Crippen LogP contribution in [0.15, 0.2) is 60.0 Å². The molecule has 0 aliphatic carbocycles. The molecule has 0 saturated carbocycles. The molecule has 20 heavy (non-hydrogen) atoms. The van der Waals surface area contributed by atoms with Crippen molar-refractivity contribution in [2.45, 2.75) is 10.9 Å². The van der Waals surface area contributed by atoms with Crippen LogP contribution in [0.25, 0.3) is 0 Å². The third kappa shape index (κ3) is 1.34. The van der Waals surface area contributed by atoms with E-state index in [2.05, 4.69) is 18.7 Å². The van der Waals surface area contributed by atoms with Crippen molar-refractivity contribution in [2.24, 2.45) is 0 Å². The van der Waals surface area contributed by atoms with Crippen LogP contribution in [0, 0.1) is 0 Å². The number of hydrogen-bond donors (Lipinski definition) is 0. The number of thioether (sulfide) groups is 1. The highest BCUT2D eigenvalue weighted by Gasteiger charge is 2.57. The summed E-state index contributed by atoms with van der Waals surface area (Å²) in [6.07, 6.45) is -0.0151. The maximum atomic E-state index is 6.04. The number of rotatable bonds is 1. The molecule has 1 unspecified atom stereocenters. The molecule has 1 saturated heterocycles. The van der Waals surface area contributed by atoms with E-state index in [1.165, 1.54) is 11.1 Å². The van der Waals surface area contributed by atoms with Gasteiger partial charge < -0.3 is 9.47 Å². The van der Waals surface area contributed by atoms with Crippen molar-refractivity contribution < 1.29 is 9.47 Å². The normalized spacial score (nSPS) is 21.6. The Balaban J connectivity index is 2.01. The maximum Gasteiger partial charge on any atom is 0.132 e. The number of fused-ring (bicyclic) bond motifs is 4. The molecule has 0 bridgehead atoms. The lowest BCUT2D eigenvalue weighted by Gasteiger charge is -2.52. The summed E-state index contributed by atoms with van der Waals surface area (Å²) < 4.78 is 11.5. The molecule has 4 rings (SSSR count). The third-order valence-corrected chi connectivity index (χ3v) is 5.44. The quantitative estimate of drug-likeness (QED) is 0.776. The van der Waals surface area contributed by atoms with Crippen LogP contribution in [0.1, 0.15) is 11.1 Å². The van der Waals surface area contributed by atoms with Crippen LogP contribution in [0.3, 0.4) is 0 Å². The van der Waals surface area contributed by atoms with E-state index in [0.29, 0.717) is 0 Å². The second kappa shape index (κ2) is 4.14. The molecule has 2 aromatic carbocycles. The Labute approximate surface area is 122 Å². The van der Waals surface area contributed by atoms with E-state index in [1.54, 1.807) is 18.9 Å². The van der Waals surface area contributed by atoms with Crippen LogP contribution in [0.4, 0.5) is 0 Å². The number of ether oxygens (including phenoxy) is 2. The Morgan fingerprint density at radius 2 is 1.60 bits per heavy atom. The Morgan fingerprint density at radius 1 is 1.05 bits per heavy atom. The Kier molecular flexibility index (Phi) is 2.50. The molecular weight excluding hydrogens is 268 g/mol. The van der Waals surface area contributed by atoms with Gasteiger partial charge in [-0.25, -0.2) is 0 Å². The first kappa shape index (κ1) is 12.1. The number of methoxy groups -OCH3 is 1. The van der Waals surface area contributed by atoms with Gasteiger partial charge in [-0.3, -0.25) is 0 Å². The van der Waals surface area contributed by atoms with E-state index in [1.807, 2.05) is 36.4 Å². The molecule has 2 aliphatic heterocycles. The molecule has 100 valence electrons. The van der Waals surface area contributed by atoms with Gasteiger partial charge in [-0.05, 0) is 12.1 Å². The monoisotopic (exact) mass is 282 g/mol. The Bertz CT molecular complexity index is 662. The van der Waals surface area contributed by atoms with Gasteiger partial charge in [0.25, 0.3) is 0 Å². The summed E-state index contributed by atoms with van der Waals surface area (Å²) >= 11 is 1.77. The first-order valence-electron chi connectivity index (χ1n) is 6.55. The van der Waals surface area contributed by atoms with Gasteiger partial charge in [0.15, 0.2) is 0 Å². The molecule has 2 aromatic rings. The first-order chi connectivity index (χ1) is 9.77. The molecule has 1 spiro atoms. The van der Waals surface area contributed by atoms with Crippen molar-refractivity contribution in [3.63, 3.8) is 0 Å². The highest BCUT2D eigenvalue weighted by atomic mass is 32.2. The summed E-state index contributed by atoms with van der Waals surface area (Å²) in [6, 6.07) is 16.4. The van der Waals surface area contributed by atoms with Crippen LogP contribution in [-0.2, 0) is 9.48 Å². The smallest absolute Gasteiger partial charge is 0.132 e. The second-order valence-corrected chi connectivity index (χ2v) is 6.39. The molecule has 1 atom stereocenters. The van der Waals surface area contributed by atoms with Crippen molar-refractivity contribution in [1.29, 1.82) is 0 Å². The summed E-state index contributed by atoms with van der Waals surface area (Å²) in [7, 11) is 1.75. The maximum absolute atomic E-state index is 6.04. The summed E-state index contributed by atoms with van der Waals surface area (Å²) in [5.74, 6) is 1.82. The zero-order valence-corrected chi connectivity index (χ0v) is 11.9. The van der Waals surface area contributed by atoms with E-state index in [9.17, 15) is 0 Å². The standard InChI is InChI=1S/C17H14O2S/c1-11-16(18-2)17(20-11)12-7-3-5-9-14(12)19-15-10-6-4-8-13(15)17/h3-10,16H,1H2,2H3.